The van der Waals surface area contributed by atoms with Gasteiger partial charge >= 0.3 is 5.97 Å². The minimum absolute atomic E-state index is 0.154. The van der Waals surface area contributed by atoms with Gasteiger partial charge < -0.3 is 5.11 Å². The highest BCUT2D eigenvalue weighted by Gasteiger charge is 2.10. The molecular formula is C6H14N2O4S. The second-order valence-electron chi connectivity index (χ2n) is 2.63. The van der Waals surface area contributed by atoms with Gasteiger partial charge in [-0.3, -0.25) is 9.69 Å². The first-order valence-corrected chi connectivity index (χ1v) is 5.51. The van der Waals surface area contributed by atoms with Gasteiger partial charge in [-0.1, -0.05) is 6.92 Å². The van der Waals surface area contributed by atoms with Crippen molar-refractivity contribution in [2.24, 2.45) is 5.14 Å². The Labute approximate surface area is 77.4 Å². The van der Waals surface area contributed by atoms with Crippen LogP contribution in [0.25, 0.3) is 0 Å². The molecule has 0 amide bonds. The van der Waals surface area contributed by atoms with Crippen LogP contribution >= 0.6 is 0 Å². The molecule has 0 unspecified atom stereocenters. The summed E-state index contributed by atoms with van der Waals surface area (Å²) in [5.74, 6) is -1.19. The van der Waals surface area contributed by atoms with E-state index in [2.05, 4.69) is 0 Å². The molecule has 0 heterocycles. The molecule has 0 bridgehead atoms. The highest BCUT2D eigenvalue weighted by atomic mass is 32.2. The number of carboxylic acids is 1. The van der Waals surface area contributed by atoms with Gasteiger partial charge in [0.1, 0.15) is 0 Å². The van der Waals surface area contributed by atoms with Crippen molar-refractivity contribution in [3.8, 4) is 0 Å². The van der Waals surface area contributed by atoms with Gasteiger partial charge in [0.05, 0.1) is 12.3 Å². The Morgan fingerprint density at radius 1 is 1.54 bits per heavy atom. The maximum Gasteiger partial charge on any atom is 0.317 e. The average Bonchev–Trinajstić information content (AvgIpc) is 1.95. The molecule has 3 N–H and O–H groups in total. The van der Waals surface area contributed by atoms with Crippen molar-refractivity contribution in [1.82, 2.24) is 4.90 Å². The smallest absolute Gasteiger partial charge is 0.317 e. The van der Waals surface area contributed by atoms with E-state index < -0.39 is 16.0 Å². The van der Waals surface area contributed by atoms with Crippen LogP contribution in [0.5, 0.6) is 0 Å². The molecule has 0 aromatic rings. The highest BCUT2D eigenvalue weighted by Crippen LogP contribution is 1.89. The van der Waals surface area contributed by atoms with E-state index in [4.69, 9.17) is 10.2 Å². The number of aliphatic carboxylic acids is 1. The standard InChI is InChI=1S/C6H14N2O4S/c1-2-8(5-6(9)10)3-4-13(7,11)12/h2-5H2,1H3,(H,9,10)(H2,7,11,12). The van der Waals surface area contributed by atoms with Gasteiger partial charge in [0.2, 0.25) is 10.0 Å². The first-order valence-electron chi connectivity index (χ1n) is 3.79. The average molecular weight is 210 g/mol. The Balaban J connectivity index is 3.93. The van der Waals surface area contributed by atoms with E-state index >= 15 is 0 Å². The Morgan fingerprint density at radius 2 is 2.08 bits per heavy atom. The van der Waals surface area contributed by atoms with Crippen molar-refractivity contribution in [3.63, 3.8) is 0 Å². The summed E-state index contributed by atoms with van der Waals surface area (Å²) in [5.41, 5.74) is 0. The summed E-state index contributed by atoms with van der Waals surface area (Å²) < 4.78 is 21.1. The largest absolute Gasteiger partial charge is 0.480 e. The molecule has 0 aromatic carbocycles. The molecule has 0 radical (unpaired) electrons. The van der Waals surface area contributed by atoms with Gasteiger partial charge in [-0.25, -0.2) is 13.6 Å². The lowest BCUT2D eigenvalue weighted by molar-refractivity contribution is -0.138. The molecule has 0 rings (SSSR count). The number of carboxylic acid groups (broad SMARTS) is 1. The third-order valence-electron chi connectivity index (χ3n) is 1.50. The number of primary sulfonamides is 1. The predicted molar refractivity (Wildman–Crippen MR) is 47.7 cm³/mol. The van der Waals surface area contributed by atoms with E-state index in [1.807, 2.05) is 0 Å². The molecule has 6 nitrogen and oxygen atoms in total. The van der Waals surface area contributed by atoms with E-state index in [-0.39, 0.29) is 18.8 Å². The molecule has 0 aliphatic rings. The number of nitrogens with zero attached hydrogens (tertiary/aromatic N) is 1. The minimum atomic E-state index is -3.50. The van der Waals surface area contributed by atoms with Gasteiger partial charge in [-0.05, 0) is 6.54 Å². The maximum absolute atomic E-state index is 10.5. The van der Waals surface area contributed by atoms with Crippen LogP contribution in [0.3, 0.4) is 0 Å². The summed E-state index contributed by atoms with van der Waals surface area (Å²) in [6, 6.07) is 0. The lowest BCUT2D eigenvalue weighted by atomic mass is 10.5. The Bertz CT molecular complexity index is 262. The maximum atomic E-state index is 10.5. The second kappa shape index (κ2) is 5.15. The first-order chi connectivity index (χ1) is 5.85. The van der Waals surface area contributed by atoms with Crippen molar-refractivity contribution < 1.29 is 18.3 Å². The zero-order valence-electron chi connectivity index (χ0n) is 7.43. The monoisotopic (exact) mass is 210 g/mol. The molecule has 0 spiro atoms. The molecule has 78 valence electrons. The van der Waals surface area contributed by atoms with E-state index in [0.29, 0.717) is 6.54 Å². The summed E-state index contributed by atoms with van der Waals surface area (Å²) in [5, 5.41) is 13.2. The van der Waals surface area contributed by atoms with Gasteiger partial charge in [0, 0.05) is 6.54 Å². The first kappa shape index (κ1) is 12.3. The summed E-state index contributed by atoms with van der Waals surface area (Å²) in [4.78, 5) is 11.8. The van der Waals surface area contributed by atoms with Crippen LogP contribution in [-0.2, 0) is 14.8 Å². The summed E-state index contributed by atoms with van der Waals surface area (Å²) in [6.45, 7) is 2.24. The summed E-state index contributed by atoms with van der Waals surface area (Å²) in [7, 11) is -3.50. The quantitative estimate of drug-likeness (QED) is 0.566. The molecule has 0 atom stereocenters. The summed E-state index contributed by atoms with van der Waals surface area (Å²) >= 11 is 0. The molecule has 0 fully saturated rings. The van der Waals surface area contributed by atoms with Crippen molar-refractivity contribution in [1.29, 1.82) is 0 Å². The Hall–Kier alpha value is -0.660. The fourth-order valence-electron chi connectivity index (χ4n) is 0.797. The second-order valence-corrected chi connectivity index (χ2v) is 4.36. The van der Waals surface area contributed by atoms with Crippen LogP contribution in [0.4, 0.5) is 0 Å². The van der Waals surface area contributed by atoms with Crippen LogP contribution < -0.4 is 5.14 Å². The van der Waals surface area contributed by atoms with Crippen LogP contribution in [0, 0.1) is 0 Å². The minimum Gasteiger partial charge on any atom is -0.480 e. The zero-order valence-corrected chi connectivity index (χ0v) is 8.25. The molecule has 0 aliphatic heterocycles. The highest BCUT2D eigenvalue weighted by molar-refractivity contribution is 7.89. The van der Waals surface area contributed by atoms with Crippen LogP contribution in [-0.4, -0.2) is 49.8 Å². The van der Waals surface area contributed by atoms with Crippen molar-refractivity contribution in [3.05, 3.63) is 0 Å². The fourth-order valence-corrected chi connectivity index (χ4v) is 1.31. The third kappa shape index (κ3) is 7.69. The fraction of sp³-hybridized carbons (Fsp3) is 0.833. The third-order valence-corrected chi connectivity index (χ3v) is 2.25. The number of likely N-dealkylation sites (N-methyl/N-ethyl adjacent to an activating group) is 1. The van der Waals surface area contributed by atoms with Crippen LogP contribution in [0.1, 0.15) is 6.92 Å². The molecule has 7 heteroatoms. The van der Waals surface area contributed by atoms with Crippen molar-refractivity contribution in [2.75, 3.05) is 25.4 Å². The number of sulfonamides is 1. The lowest BCUT2D eigenvalue weighted by Gasteiger charge is -2.16. The lowest BCUT2D eigenvalue weighted by Crippen LogP contribution is -2.35. The SMILES string of the molecule is CCN(CCS(N)(=O)=O)CC(=O)O. The zero-order chi connectivity index (χ0) is 10.5. The van der Waals surface area contributed by atoms with Gasteiger partial charge in [0.15, 0.2) is 0 Å². The number of carbonyl (C=O) groups is 1. The molecule has 0 saturated heterocycles. The topological polar surface area (TPSA) is 101 Å². The molecule has 13 heavy (non-hydrogen) atoms. The van der Waals surface area contributed by atoms with Crippen LogP contribution in [0.15, 0.2) is 0 Å². The van der Waals surface area contributed by atoms with E-state index in [1.165, 1.54) is 4.90 Å². The number of rotatable bonds is 6. The predicted octanol–water partition coefficient (Wildman–Crippen LogP) is -1.32. The van der Waals surface area contributed by atoms with Gasteiger partial charge in [-0.2, -0.15) is 0 Å². The Kier molecular flexibility index (Phi) is 4.89. The molecule has 0 saturated carbocycles. The van der Waals surface area contributed by atoms with E-state index in [0.717, 1.165) is 0 Å². The van der Waals surface area contributed by atoms with Gasteiger partial charge in [0.25, 0.3) is 0 Å². The van der Waals surface area contributed by atoms with Crippen molar-refractivity contribution >= 4 is 16.0 Å². The van der Waals surface area contributed by atoms with Gasteiger partial charge in [-0.15, -0.1) is 0 Å². The van der Waals surface area contributed by atoms with Crippen molar-refractivity contribution in [2.45, 2.75) is 6.92 Å². The normalized spacial score (nSPS) is 11.9. The molecular weight excluding hydrogens is 196 g/mol. The summed E-state index contributed by atoms with van der Waals surface area (Å²) in [6.07, 6.45) is 0. The van der Waals surface area contributed by atoms with Crippen LogP contribution in [0.2, 0.25) is 0 Å². The number of hydrogen-bond acceptors (Lipinski definition) is 4. The van der Waals surface area contributed by atoms with E-state index in [1.54, 1.807) is 6.92 Å². The Morgan fingerprint density at radius 3 is 2.38 bits per heavy atom. The number of hydrogen-bond donors (Lipinski definition) is 2. The van der Waals surface area contributed by atoms with E-state index in [9.17, 15) is 13.2 Å². The molecule has 0 aliphatic carbocycles. The number of nitrogens with two attached hydrogens (primary N) is 1. The molecule has 0 aromatic heterocycles.